The summed E-state index contributed by atoms with van der Waals surface area (Å²) in [6, 6.07) is 2.39. The Balaban J connectivity index is 1.44. The van der Waals surface area contributed by atoms with Crippen molar-refractivity contribution in [3.05, 3.63) is 42.7 Å². The van der Waals surface area contributed by atoms with Crippen molar-refractivity contribution in [3.63, 3.8) is 0 Å². The van der Waals surface area contributed by atoms with Crippen LogP contribution >= 0.6 is 0 Å². The van der Waals surface area contributed by atoms with Gasteiger partial charge < -0.3 is 10.1 Å². The highest BCUT2D eigenvalue weighted by atomic mass is 16.5. The van der Waals surface area contributed by atoms with Crippen molar-refractivity contribution in [2.75, 3.05) is 12.4 Å². The number of hydrogen-bond acceptors (Lipinski definition) is 6. The van der Waals surface area contributed by atoms with Crippen LogP contribution in [0.3, 0.4) is 0 Å². The molecule has 0 aromatic carbocycles. The van der Waals surface area contributed by atoms with E-state index in [0.29, 0.717) is 12.0 Å². The van der Waals surface area contributed by atoms with E-state index in [0.717, 1.165) is 47.4 Å². The van der Waals surface area contributed by atoms with Crippen molar-refractivity contribution in [2.45, 2.75) is 44.8 Å². The second-order valence-electron chi connectivity index (χ2n) is 7.66. The number of nitrogens with zero attached hydrogens (tertiary/aromatic N) is 6. The summed E-state index contributed by atoms with van der Waals surface area (Å²) in [5.41, 5.74) is 4.12. The van der Waals surface area contributed by atoms with Gasteiger partial charge in [-0.05, 0) is 32.3 Å². The normalized spacial score (nSPS) is 21.9. The SMILES string of the molecule is CCc1cnc2ncc(-c3ccn4nc(N[C@H]5C[C@@](C)(OC)C5)ncc34)cn12. The zero-order valence-electron chi connectivity index (χ0n) is 16.3. The van der Waals surface area contributed by atoms with Gasteiger partial charge in [-0.15, -0.1) is 5.10 Å². The average Bonchev–Trinajstić information content (AvgIpc) is 3.29. The van der Waals surface area contributed by atoms with Crippen molar-refractivity contribution >= 4 is 17.2 Å². The molecule has 0 spiro atoms. The summed E-state index contributed by atoms with van der Waals surface area (Å²) in [6.07, 6.45) is 12.4. The average molecular weight is 377 g/mol. The molecule has 144 valence electrons. The summed E-state index contributed by atoms with van der Waals surface area (Å²) in [6.45, 7) is 4.24. The lowest BCUT2D eigenvalue weighted by atomic mass is 9.77. The van der Waals surface area contributed by atoms with Crippen LogP contribution in [0.25, 0.3) is 22.4 Å². The van der Waals surface area contributed by atoms with Gasteiger partial charge in [0, 0.05) is 48.6 Å². The summed E-state index contributed by atoms with van der Waals surface area (Å²) in [4.78, 5) is 13.4. The van der Waals surface area contributed by atoms with Gasteiger partial charge in [-0.25, -0.2) is 19.5 Å². The highest BCUT2D eigenvalue weighted by Gasteiger charge is 2.40. The molecule has 5 rings (SSSR count). The van der Waals surface area contributed by atoms with Crippen molar-refractivity contribution in [1.29, 1.82) is 0 Å². The van der Waals surface area contributed by atoms with E-state index in [1.165, 1.54) is 0 Å². The maximum absolute atomic E-state index is 5.51. The minimum absolute atomic E-state index is 0.0291. The van der Waals surface area contributed by atoms with E-state index in [4.69, 9.17) is 4.74 Å². The molecule has 0 atom stereocenters. The Hall–Kier alpha value is -3.00. The van der Waals surface area contributed by atoms with Gasteiger partial charge in [0.1, 0.15) is 0 Å². The standard InChI is InChI=1S/C20H23N7O/c1-4-15-10-23-19-22-9-13(12-26(15)19)16-5-6-27-17(16)11-21-18(25-27)24-14-7-20(2,8-14)28-3/h5-6,9-12,14H,4,7-8H2,1-3H3,(H,24,25)/t14-,20+. The fourth-order valence-corrected chi connectivity index (χ4v) is 3.97. The third-order valence-corrected chi connectivity index (χ3v) is 5.71. The molecule has 0 saturated heterocycles. The lowest BCUT2D eigenvalue weighted by molar-refractivity contribution is -0.0626. The molecule has 4 heterocycles. The number of fused-ring (bicyclic) bond motifs is 2. The minimum Gasteiger partial charge on any atom is -0.378 e. The van der Waals surface area contributed by atoms with E-state index in [9.17, 15) is 0 Å². The molecule has 8 nitrogen and oxygen atoms in total. The van der Waals surface area contributed by atoms with E-state index in [1.54, 1.807) is 7.11 Å². The Morgan fingerprint density at radius 1 is 1.21 bits per heavy atom. The van der Waals surface area contributed by atoms with E-state index in [-0.39, 0.29) is 5.60 Å². The number of hydrogen-bond donors (Lipinski definition) is 1. The van der Waals surface area contributed by atoms with Gasteiger partial charge in [0.15, 0.2) is 0 Å². The molecule has 1 N–H and O–H groups in total. The van der Waals surface area contributed by atoms with Crippen LogP contribution in [0.2, 0.25) is 0 Å². The summed E-state index contributed by atoms with van der Waals surface area (Å²) in [5.74, 6) is 1.35. The summed E-state index contributed by atoms with van der Waals surface area (Å²) in [7, 11) is 1.76. The fourth-order valence-electron chi connectivity index (χ4n) is 3.97. The summed E-state index contributed by atoms with van der Waals surface area (Å²) in [5, 5.41) is 8.01. The van der Waals surface area contributed by atoms with Gasteiger partial charge in [-0.2, -0.15) is 0 Å². The first kappa shape index (κ1) is 17.1. The van der Waals surface area contributed by atoms with Gasteiger partial charge in [0.05, 0.1) is 23.5 Å². The third-order valence-electron chi connectivity index (χ3n) is 5.71. The Bertz CT molecular complexity index is 1160. The van der Waals surface area contributed by atoms with Crippen LogP contribution in [0, 0.1) is 0 Å². The van der Waals surface area contributed by atoms with Crippen LogP contribution in [-0.2, 0) is 11.2 Å². The fraction of sp³-hybridized carbons (Fsp3) is 0.400. The number of methoxy groups -OCH3 is 1. The van der Waals surface area contributed by atoms with Crippen LogP contribution in [0.5, 0.6) is 0 Å². The largest absolute Gasteiger partial charge is 0.378 e. The van der Waals surface area contributed by atoms with Crippen molar-refractivity contribution in [2.24, 2.45) is 0 Å². The molecule has 1 aliphatic carbocycles. The molecule has 1 fully saturated rings. The predicted molar refractivity (Wildman–Crippen MR) is 106 cm³/mol. The maximum Gasteiger partial charge on any atom is 0.241 e. The molecule has 0 bridgehead atoms. The number of aromatic nitrogens is 6. The molecule has 1 aliphatic rings. The molecule has 1 saturated carbocycles. The van der Waals surface area contributed by atoms with Crippen LogP contribution in [-0.4, -0.2) is 47.7 Å². The van der Waals surface area contributed by atoms with Gasteiger partial charge in [-0.3, -0.25) is 4.40 Å². The molecule has 4 aromatic heterocycles. The molecule has 0 unspecified atom stereocenters. The van der Waals surface area contributed by atoms with E-state index in [2.05, 4.69) is 45.4 Å². The molecular weight excluding hydrogens is 354 g/mol. The highest BCUT2D eigenvalue weighted by Crippen LogP contribution is 2.36. The molecule has 4 aromatic rings. The van der Waals surface area contributed by atoms with Gasteiger partial charge >= 0.3 is 0 Å². The lowest BCUT2D eigenvalue weighted by Crippen LogP contribution is -2.49. The topological polar surface area (TPSA) is 81.6 Å². The molecule has 0 amide bonds. The molecule has 0 aliphatic heterocycles. The molecule has 8 heteroatoms. The third kappa shape index (κ3) is 2.72. The van der Waals surface area contributed by atoms with E-state index in [1.807, 2.05) is 39.8 Å². The first-order valence-corrected chi connectivity index (χ1v) is 9.57. The number of rotatable bonds is 5. The Morgan fingerprint density at radius 3 is 2.82 bits per heavy atom. The first-order valence-electron chi connectivity index (χ1n) is 9.57. The lowest BCUT2D eigenvalue weighted by Gasteiger charge is -2.44. The van der Waals surface area contributed by atoms with Gasteiger partial charge in [0.2, 0.25) is 11.7 Å². The molecular formula is C20H23N7O. The van der Waals surface area contributed by atoms with Gasteiger partial charge in [0.25, 0.3) is 0 Å². The quantitative estimate of drug-likeness (QED) is 0.576. The first-order chi connectivity index (χ1) is 13.6. The smallest absolute Gasteiger partial charge is 0.241 e. The second-order valence-corrected chi connectivity index (χ2v) is 7.66. The summed E-state index contributed by atoms with van der Waals surface area (Å²) < 4.78 is 9.41. The van der Waals surface area contributed by atoms with Crippen LogP contribution in [0.4, 0.5) is 5.95 Å². The summed E-state index contributed by atoms with van der Waals surface area (Å²) >= 11 is 0. The second kappa shape index (κ2) is 6.27. The zero-order chi connectivity index (χ0) is 19.3. The van der Waals surface area contributed by atoms with E-state index < -0.39 is 0 Å². The van der Waals surface area contributed by atoms with Crippen molar-refractivity contribution in [1.82, 2.24) is 29.0 Å². The monoisotopic (exact) mass is 377 g/mol. The maximum atomic E-state index is 5.51. The number of ether oxygens (including phenoxy) is 1. The molecule has 28 heavy (non-hydrogen) atoms. The zero-order valence-corrected chi connectivity index (χ0v) is 16.3. The number of aryl methyl sites for hydroxylation is 1. The van der Waals surface area contributed by atoms with Crippen LogP contribution < -0.4 is 5.32 Å². The van der Waals surface area contributed by atoms with Crippen LogP contribution in [0.15, 0.2) is 37.1 Å². The van der Waals surface area contributed by atoms with Crippen molar-refractivity contribution in [3.8, 4) is 11.1 Å². The number of nitrogens with one attached hydrogen (secondary N) is 1. The minimum atomic E-state index is -0.0291. The van der Waals surface area contributed by atoms with E-state index >= 15 is 0 Å². The Labute approximate surface area is 162 Å². The van der Waals surface area contributed by atoms with Crippen LogP contribution in [0.1, 0.15) is 32.4 Å². The number of anilines is 1. The van der Waals surface area contributed by atoms with Gasteiger partial charge in [-0.1, -0.05) is 6.92 Å². The highest BCUT2D eigenvalue weighted by molar-refractivity contribution is 5.79. The Kier molecular flexibility index (Phi) is 3.83. The van der Waals surface area contributed by atoms with Crippen molar-refractivity contribution < 1.29 is 4.74 Å². The number of imidazole rings is 1. The Morgan fingerprint density at radius 2 is 2.04 bits per heavy atom. The molecule has 0 radical (unpaired) electrons. The predicted octanol–water partition coefficient (Wildman–Crippen LogP) is 2.98.